The van der Waals surface area contributed by atoms with Gasteiger partial charge in [0.2, 0.25) is 0 Å². The monoisotopic (exact) mass is 1530 g/mol. The number of benzene rings is 16. The van der Waals surface area contributed by atoms with Crippen LogP contribution in [0.25, 0.3) is 21.9 Å². The van der Waals surface area contributed by atoms with E-state index in [0.29, 0.717) is 0 Å². The Morgan fingerprint density at radius 3 is 0.696 bits per heavy atom. The molecule has 0 aliphatic carbocycles. The lowest BCUT2D eigenvalue weighted by Gasteiger charge is -2.29. The zero-order valence-electron chi connectivity index (χ0n) is 63.5. The van der Waals surface area contributed by atoms with Gasteiger partial charge in [-0.05, 0) is 155 Å². The van der Waals surface area contributed by atoms with E-state index in [1.54, 1.807) is 0 Å². The Labute approximate surface area is 668 Å². The van der Waals surface area contributed by atoms with Gasteiger partial charge in [-0.1, -0.05) is 419 Å². The van der Waals surface area contributed by atoms with Crippen molar-refractivity contribution in [1.82, 2.24) is 0 Å². The zero-order valence-corrected chi connectivity index (χ0v) is 67.0. The Balaban J connectivity index is 0.000000118. The summed E-state index contributed by atoms with van der Waals surface area (Å²) in [6, 6.07) is 159. The molecule has 9 heteroatoms. The highest BCUT2D eigenvalue weighted by Gasteiger charge is 2.20. The molecule has 112 heavy (non-hydrogen) atoms. The lowest BCUT2D eigenvalue weighted by molar-refractivity contribution is 0.122. The highest BCUT2D eigenvalue weighted by Crippen LogP contribution is 2.37. The SMILES string of the molecule is Cc1cccc(N2CCOCC2)c1.Nc1ccc(-c2cccc(N3CCOCC3)c2)c2ccccc12.c1ccc(P(c2ccccc2)c2ccccc2)cc1.c1ccc(P(c2ccccc2)c2ccccc2)cc1.c1ccc(P(c2ccccc2)c2ccccc2)cc1.c1ccc(P(c2ccccc2)c2ccccc2)cc1. The molecule has 0 spiro atoms. The summed E-state index contributed by atoms with van der Waals surface area (Å²) < 4.78 is 10.8. The lowest BCUT2D eigenvalue weighted by atomic mass is 9.97. The third-order valence-corrected chi connectivity index (χ3v) is 28.8. The number of hydrogen-bond acceptors (Lipinski definition) is 5. The summed E-state index contributed by atoms with van der Waals surface area (Å²) in [5.41, 5.74) is 13.3. The molecule has 0 bridgehead atoms. The minimum absolute atomic E-state index is 0.446. The summed E-state index contributed by atoms with van der Waals surface area (Å²) in [5, 5.41) is 19.1. The van der Waals surface area contributed by atoms with Crippen molar-refractivity contribution in [3.05, 3.63) is 454 Å². The topological polar surface area (TPSA) is 51.0 Å². The van der Waals surface area contributed by atoms with Gasteiger partial charge in [-0.2, -0.15) is 0 Å². The van der Waals surface area contributed by atoms with Gasteiger partial charge in [0.25, 0.3) is 0 Å². The van der Waals surface area contributed by atoms with E-state index in [1.807, 2.05) is 12.1 Å². The Morgan fingerprint density at radius 2 is 0.446 bits per heavy atom. The van der Waals surface area contributed by atoms with Crippen LogP contribution in [0.3, 0.4) is 0 Å². The molecule has 0 saturated carbocycles. The predicted octanol–water partition coefficient (Wildman–Crippen LogP) is 19.5. The van der Waals surface area contributed by atoms with E-state index >= 15 is 0 Å². The van der Waals surface area contributed by atoms with Gasteiger partial charge in [0.15, 0.2) is 0 Å². The average molecular weight is 1530 g/mol. The Kier molecular flexibility index (Phi) is 30.2. The van der Waals surface area contributed by atoms with Crippen LogP contribution < -0.4 is 79.2 Å². The number of rotatable bonds is 15. The second kappa shape index (κ2) is 42.9. The molecule has 2 saturated heterocycles. The van der Waals surface area contributed by atoms with Crippen LogP contribution in [0.15, 0.2) is 449 Å². The van der Waals surface area contributed by atoms with Crippen LogP contribution in [0.5, 0.6) is 0 Å². The molecule has 2 aliphatic heterocycles. The van der Waals surface area contributed by atoms with Crippen molar-refractivity contribution >= 4 is 123 Å². The van der Waals surface area contributed by atoms with Crippen molar-refractivity contribution in [2.45, 2.75) is 6.92 Å². The molecule has 16 aromatic rings. The fourth-order valence-electron chi connectivity index (χ4n) is 13.6. The van der Waals surface area contributed by atoms with Crippen molar-refractivity contribution in [2.75, 3.05) is 68.1 Å². The molecule has 16 aromatic carbocycles. The maximum atomic E-state index is 6.13. The molecule has 0 amide bonds. The molecule has 0 radical (unpaired) electrons. The van der Waals surface area contributed by atoms with Crippen LogP contribution in [-0.4, -0.2) is 52.6 Å². The standard InChI is InChI=1S/C20H20N2O.4C18H15P.C11H15NO/c21-20-9-8-17(18-6-1-2-7-19(18)20)15-4-3-5-16(14-15)22-10-12-23-13-11-22;4*1-4-10-16(11-5-1)19(17-12-6-2-7-13-17)18-14-8-3-9-15-18;1-10-3-2-4-11(9-10)12-5-7-13-8-6-12/h1-9,14H,10-13,21H2;4*1-15H;2-4,9H,5-8H2,1H3. The van der Waals surface area contributed by atoms with Gasteiger partial charge in [-0.25, -0.2) is 0 Å². The number of nitrogen functional groups attached to an aromatic ring is 1. The van der Waals surface area contributed by atoms with Crippen LogP contribution >= 0.6 is 31.7 Å². The smallest absolute Gasteiger partial charge is 0.0642 e. The lowest BCUT2D eigenvalue weighted by Crippen LogP contribution is -2.36. The van der Waals surface area contributed by atoms with Crippen molar-refractivity contribution in [3.63, 3.8) is 0 Å². The van der Waals surface area contributed by atoms with Gasteiger partial charge in [-0.15, -0.1) is 0 Å². The van der Waals surface area contributed by atoms with E-state index in [1.165, 1.54) is 97.1 Å². The van der Waals surface area contributed by atoms with Crippen molar-refractivity contribution in [2.24, 2.45) is 0 Å². The fraction of sp³-hybridized carbons (Fsp3) is 0.0874. The molecule has 2 aliphatic rings. The number of hydrogen-bond donors (Lipinski definition) is 1. The zero-order chi connectivity index (χ0) is 76.4. The van der Waals surface area contributed by atoms with E-state index in [0.717, 1.165) is 63.7 Å². The summed E-state index contributed by atoms with van der Waals surface area (Å²) in [6.07, 6.45) is 0. The third-order valence-electron chi connectivity index (χ3n) is 19.0. The highest BCUT2D eigenvalue weighted by atomic mass is 31.1. The molecule has 2 N–H and O–H groups in total. The van der Waals surface area contributed by atoms with Gasteiger partial charge in [0.1, 0.15) is 0 Å². The minimum Gasteiger partial charge on any atom is -0.398 e. The number of morpholine rings is 2. The van der Waals surface area contributed by atoms with Gasteiger partial charge < -0.3 is 25.0 Å². The summed E-state index contributed by atoms with van der Waals surface area (Å²) >= 11 is 0. The van der Waals surface area contributed by atoms with Crippen LogP contribution in [0.4, 0.5) is 17.1 Å². The molecule has 0 atom stereocenters. The fourth-order valence-corrected chi connectivity index (χ4v) is 22.8. The molecular weight excluding hydrogens is 1440 g/mol. The molecule has 0 aromatic heterocycles. The van der Waals surface area contributed by atoms with E-state index in [-0.39, 0.29) is 0 Å². The van der Waals surface area contributed by atoms with Crippen molar-refractivity contribution in [1.29, 1.82) is 0 Å². The summed E-state index contributed by atoms with van der Waals surface area (Å²) in [7, 11) is -1.78. The Hall–Kier alpha value is -11.2. The number of nitrogens with two attached hydrogens (primary N) is 1. The van der Waals surface area contributed by atoms with Crippen LogP contribution in [0, 0.1) is 6.92 Å². The van der Waals surface area contributed by atoms with Gasteiger partial charge >= 0.3 is 0 Å². The van der Waals surface area contributed by atoms with Crippen molar-refractivity contribution < 1.29 is 9.47 Å². The first-order chi connectivity index (χ1) is 55.5. The second-order valence-electron chi connectivity index (χ2n) is 26.7. The maximum Gasteiger partial charge on any atom is 0.0642 e. The van der Waals surface area contributed by atoms with Gasteiger partial charge in [-0.3, -0.25) is 0 Å². The Bertz CT molecular complexity index is 4470. The molecule has 18 rings (SSSR count). The van der Waals surface area contributed by atoms with Crippen LogP contribution in [0.1, 0.15) is 5.56 Å². The van der Waals surface area contributed by atoms with E-state index in [9.17, 15) is 0 Å². The first-order valence-electron chi connectivity index (χ1n) is 38.4. The molecule has 0 unspecified atom stereocenters. The quantitative estimate of drug-likeness (QED) is 0.0819. The minimum atomic E-state index is -0.446. The van der Waals surface area contributed by atoms with Gasteiger partial charge in [0.05, 0.1) is 26.4 Å². The predicted molar refractivity (Wildman–Crippen MR) is 492 cm³/mol. The Morgan fingerprint density at radius 1 is 0.223 bits per heavy atom. The number of nitrogens with zero attached hydrogens (tertiary/aromatic N) is 2. The molecule has 2 heterocycles. The van der Waals surface area contributed by atoms with E-state index < -0.39 is 31.7 Å². The molecule has 5 nitrogen and oxygen atoms in total. The number of anilines is 3. The number of ether oxygens (including phenoxy) is 2. The largest absolute Gasteiger partial charge is 0.398 e. The van der Waals surface area contributed by atoms with Crippen LogP contribution in [-0.2, 0) is 9.47 Å². The molecule has 2 fully saturated rings. The maximum absolute atomic E-state index is 6.13. The molecular formula is C103H95N3O2P4. The molecule has 554 valence electrons. The number of aryl methyl sites for hydroxylation is 1. The van der Waals surface area contributed by atoms with Gasteiger partial charge in [0, 0.05) is 48.6 Å². The third kappa shape index (κ3) is 22.5. The highest BCUT2D eigenvalue weighted by molar-refractivity contribution is 7.81. The number of fused-ring (bicyclic) bond motifs is 1. The summed E-state index contributed by atoms with van der Waals surface area (Å²) in [4.78, 5) is 4.75. The van der Waals surface area contributed by atoms with E-state index in [2.05, 4.69) is 454 Å². The van der Waals surface area contributed by atoms with Crippen LogP contribution in [0.2, 0.25) is 0 Å². The van der Waals surface area contributed by atoms with Crippen molar-refractivity contribution in [3.8, 4) is 11.1 Å². The summed E-state index contributed by atoms with van der Waals surface area (Å²) in [6.45, 7) is 9.38. The normalized spacial score (nSPS) is 12.3. The first-order valence-corrected chi connectivity index (χ1v) is 43.8. The van der Waals surface area contributed by atoms with E-state index in [4.69, 9.17) is 15.2 Å². The first kappa shape index (κ1) is 78.9. The average Bonchev–Trinajstić information content (AvgIpc) is 0.792. The second-order valence-corrected chi connectivity index (χ2v) is 35.6. The summed E-state index contributed by atoms with van der Waals surface area (Å²) in [5.74, 6) is 0.